The van der Waals surface area contributed by atoms with Crippen molar-refractivity contribution in [1.29, 1.82) is 0 Å². The minimum Gasteiger partial charge on any atom is -0.383 e. The molecule has 0 saturated heterocycles. The Kier molecular flexibility index (Phi) is 6.40. The summed E-state index contributed by atoms with van der Waals surface area (Å²) in [4.78, 5) is 0.249. The summed E-state index contributed by atoms with van der Waals surface area (Å²) >= 11 is 6.06. The highest BCUT2D eigenvalue weighted by atomic mass is 35.5. The molecule has 2 aromatic rings. The number of nitrogens with one attached hydrogen (secondary N) is 1. The van der Waals surface area contributed by atoms with E-state index in [4.69, 9.17) is 16.3 Å². The van der Waals surface area contributed by atoms with E-state index in [1.54, 1.807) is 33.1 Å². The van der Waals surface area contributed by atoms with E-state index in [1.807, 2.05) is 30.3 Å². The van der Waals surface area contributed by atoms with Crippen molar-refractivity contribution in [2.45, 2.75) is 31.2 Å². The Bertz CT molecular complexity index is 791. The molecule has 24 heavy (non-hydrogen) atoms. The fourth-order valence-corrected chi connectivity index (χ4v) is 4.31. The maximum absolute atomic E-state index is 12.8. The zero-order valence-electron chi connectivity index (χ0n) is 14.0. The van der Waals surface area contributed by atoms with Crippen molar-refractivity contribution < 1.29 is 13.2 Å². The SMILES string of the molecule is COCC(Cc1ccccc1)NS(=O)(=O)c1cc(C)c(Cl)cc1C. The van der Waals surface area contributed by atoms with Gasteiger partial charge in [-0.25, -0.2) is 13.1 Å². The highest BCUT2D eigenvalue weighted by Crippen LogP contribution is 2.24. The topological polar surface area (TPSA) is 55.4 Å². The van der Waals surface area contributed by atoms with Gasteiger partial charge >= 0.3 is 0 Å². The van der Waals surface area contributed by atoms with Crippen LogP contribution in [0.3, 0.4) is 0 Å². The summed E-state index contributed by atoms with van der Waals surface area (Å²) in [5.41, 5.74) is 2.40. The first kappa shape index (κ1) is 18.9. The van der Waals surface area contributed by atoms with Crippen LogP contribution in [0.1, 0.15) is 16.7 Å². The van der Waals surface area contributed by atoms with Gasteiger partial charge in [0.2, 0.25) is 10.0 Å². The average Bonchev–Trinajstić information content (AvgIpc) is 2.51. The molecule has 0 spiro atoms. The molecule has 0 saturated carbocycles. The highest BCUT2D eigenvalue weighted by Gasteiger charge is 2.23. The van der Waals surface area contributed by atoms with E-state index in [1.165, 1.54) is 0 Å². The Hall–Kier alpha value is -1.40. The van der Waals surface area contributed by atoms with Gasteiger partial charge in [-0.15, -0.1) is 0 Å². The third-order valence-electron chi connectivity index (χ3n) is 3.76. The number of methoxy groups -OCH3 is 1. The molecule has 0 fully saturated rings. The van der Waals surface area contributed by atoms with Gasteiger partial charge in [-0.05, 0) is 49.1 Å². The van der Waals surface area contributed by atoms with Gasteiger partial charge in [-0.3, -0.25) is 0 Å². The third kappa shape index (κ3) is 4.80. The van der Waals surface area contributed by atoms with Gasteiger partial charge < -0.3 is 4.74 Å². The second-order valence-corrected chi connectivity index (χ2v) is 7.92. The molecule has 130 valence electrons. The van der Waals surface area contributed by atoms with Crippen LogP contribution in [-0.4, -0.2) is 28.2 Å². The predicted octanol–water partition coefficient (Wildman–Crippen LogP) is 3.49. The van der Waals surface area contributed by atoms with Crippen molar-refractivity contribution in [3.63, 3.8) is 0 Å². The molecular weight excluding hydrogens is 346 g/mol. The van der Waals surface area contributed by atoms with Gasteiger partial charge in [0.15, 0.2) is 0 Å². The lowest BCUT2D eigenvalue weighted by atomic mass is 10.1. The molecule has 1 N–H and O–H groups in total. The molecule has 2 rings (SSSR count). The Morgan fingerprint density at radius 1 is 1.12 bits per heavy atom. The first-order valence-electron chi connectivity index (χ1n) is 7.65. The molecule has 0 amide bonds. The Labute approximate surface area is 148 Å². The van der Waals surface area contributed by atoms with Crippen LogP contribution in [0.5, 0.6) is 0 Å². The largest absolute Gasteiger partial charge is 0.383 e. The van der Waals surface area contributed by atoms with Gasteiger partial charge in [0.25, 0.3) is 0 Å². The Morgan fingerprint density at radius 2 is 1.79 bits per heavy atom. The Morgan fingerprint density at radius 3 is 2.42 bits per heavy atom. The quantitative estimate of drug-likeness (QED) is 0.814. The minimum absolute atomic E-state index is 0.249. The number of ether oxygens (including phenoxy) is 1. The number of rotatable bonds is 7. The first-order valence-corrected chi connectivity index (χ1v) is 9.51. The van der Waals surface area contributed by atoms with Gasteiger partial charge in [0, 0.05) is 18.2 Å². The number of hydrogen-bond acceptors (Lipinski definition) is 3. The molecule has 0 radical (unpaired) electrons. The molecule has 0 aliphatic heterocycles. The molecule has 0 aliphatic carbocycles. The second-order valence-electron chi connectivity index (χ2n) is 5.83. The van der Waals surface area contributed by atoms with Crippen molar-refractivity contribution in [2.75, 3.05) is 13.7 Å². The summed E-state index contributed by atoms with van der Waals surface area (Å²) in [6, 6.07) is 12.7. The zero-order valence-corrected chi connectivity index (χ0v) is 15.6. The van der Waals surface area contributed by atoms with Gasteiger partial charge in [-0.2, -0.15) is 0 Å². The highest BCUT2D eigenvalue weighted by molar-refractivity contribution is 7.89. The van der Waals surface area contributed by atoms with Gasteiger partial charge in [-0.1, -0.05) is 41.9 Å². The molecule has 2 aromatic carbocycles. The maximum atomic E-state index is 12.8. The van der Waals surface area contributed by atoms with E-state index in [2.05, 4.69) is 4.72 Å². The maximum Gasteiger partial charge on any atom is 0.241 e. The molecule has 0 aromatic heterocycles. The summed E-state index contributed by atoms with van der Waals surface area (Å²) in [7, 11) is -2.10. The summed E-state index contributed by atoms with van der Waals surface area (Å²) in [5, 5.41) is 0.559. The van der Waals surface area contributed by atoms with Crippen molar-refractivity contribution >= 4 is 21.6 Å². The van der Waals surface area contributed by atoms with E-state index >= 15 is 0 Å². The Balaban J connectivity index is 2.26. The minimum atomic E-state index is -3.66. The number of sulfonamides is 1. The molecule has 4 nitrogen and oxygen atoms in total. The molecule has 0 aliphatic rings. The van der Waals surface area contributed by atoms with Crippen molar-refractivity contribution in [2.24, 2.45) is 0 Å². The van der Waals surface area contributed by atoms with Crippen LogP contribution >= 0.6 is 11.6 Å². The number of aryl methyl sites for hydroxylation is 2. The average molecular weight is 368 g/mol. The molecular formula is C18H22ClNO3S. The molecule has 6 heteroatoms. The fraction of sp³-hybridized carbons (Fsp3) is 0.333. The standard InChI is InChI=1S/C18H22ClNO3S/c1-13-10-18(14(2)9-17(13)19)24(21,22)20-16(12-23-3)11-15-7-5-4-6-8-15/h4-10,16,20H,11-12H2,1-3H3. The molecule has 1 atom stereocenters. The van der Waals surface area contributed by atoms with Crippen LogP contribution in [0.2, 0.25) is 5.02 Å². The normalized spacial score (nSPS) is 13.0. The summed E-state index contributed by atoms with van der Waals surface area (Å²) in [6.45, 7) is 3.82. The van der Waals surface area contributed by atoms with Crippen molar-refractivity contribution in [3.8, 4) is 0 Å². The molecule has 0 heterocycles. The number of benzene rings is 2. The van der Waals surface area contributed by atoms with Crippen LogP contribution in [0.4, 0.5) is 0 Å². The molecule has 0 bridgehead atoms. The van der Waals surface area contributed by atoms with Crippen LogP contribution in [0, 0.1) is 13.8 Å². The third-order valence-corrected chi connectivity index (χ3v) is 5.83. The predicted molar refractivity (Wildman–Crippen MR) is 97.1 cm³/mol. The smallest absolute Gasteiger partial charge is 0.241 e. The van der Waals surface area contributed by atoms with Gasteiger partial charge in [0.1, 0.15) is 0 Å². The van der Waals surface area contributed by atoms with Crippen LogP contribution < -0.4 is 4.72 Å². The lowest BCUT2D eigenvalue weighted by Gasteiger charge is -2.19. The summed E-state index contributed by atoms with van der Waals surface area (Å²) in [6.07, 6.45) is 0.555. The first-order chi connectivity index (χ1) is 11.3. The van der Waals surface area contributed by atoms with E-state index in [9.17, 15) is 8.42 Å². The second kappa shape index (κ2) is 8.12. The van der Waals surface area contributed by atoms with E-state index < -0.39 is 10.0 Å². The lowest BCUT2D eigenvalue weighted by Crippen LogP contribution is -2.39. The zero-order chi connectivity index (χ0) is 17.7. The lowest BCUT2D eigenvalue weighted by molar-refractivity contribution is 0.174. The number of halogens is 1. The van der Waals surface area contributed by atoms with Gasteiger partial charge in [0.05, 0.1) is 11.5 Å². The summed E-state index contributed by atoms with van der Waals surface area (Å²) < 4.78 is 33.5. The van der Waals surface area contributed by atoms with E-state index in [-0.39, 0.29) is 10.9 Å². The van der Waals surface area contributed by atoms with Crippen LogP contribution in [0.15, 0.2) is 47.4 Å². The monoisotopic (exact) mass is 367 g/mol. The van der Waals surface area contributed by atoms with E-state index in [0.717, 1.165) is 11.1 Å². The summed E-state index contributed by atoms with van der Waals surface area (Å²) in [5.74, 6) is 0. The van der Waals surface area contributed by atoms with Crippen LogP contribution in [-0.2, 0) is 21.2 Å². The van der Waals surface area contributed by atoms with Crippen molar-refractivity contribution in [3.05, 3.63) is 64.2 Å². The van der Waals surface area contributed by atoms with E-state index in [0.29, 0.717) is 23.6 Å². The van der Waals surface area contributed by atoms with Crippen LogP contribution in [0.25, 0.3) is 0 Å². The molecule has 1 unspecified atom stereocenters. The fourth-order valence-electron chi connectivity index (χ4n) is 2.56. The van der Waals surface area contributed by atoms with Crippen molar-refractivity contribution in [1.82, 2.24) is 4.72 Å². The number of hydrogen-bond donors (Lipinski definition) is 1.